The number of rotatable bonds is 7. The van der Waals surface area contributed by atoms with E-state index in [9.17, 15) is 14.3 Å². The summed E-state index contributed by atoms with van der Waals surface area (Å²) in [6.45, 7) is 5.52. The summed E-state index contributed by atoms with van der Waals surface area (Å²) in [6, 6.07) is 13.8. The van der Waals surface area contributed by atoms with Gasteiger partial charge in [-0.2, -0.15) is 5.26 Å². The molecule has 42 heavy (non-hydrogen) atoms. The molecule has 2 aromatic carbocycles. The molecule has 2 aromatic heterocycles. The number of hydrogen-bond donors (Lipinski definition) is 1. The van der Waals surface area contributed by atoms with E-state index in [1.807, 2.05) is 18.2 Å². The summed E-state index contributed by atoms with van der Waals surface area (Å²) in [4.78, 5) is 19.8. The molecule has 0 amide bonds. The van der Waals surface area contributed by atoms with Gasteiger partial charge in [0.15, 0.2) is 11.5 Å². The van der Waals surface area contributed by atoms with Crippen molar-refractivity contribution >= 4 is 27.7 Å². The number of hydrogen-bond acceptors (Lipinski definition) is 8. The van der Waals surface area contributed by atoms with Crippen molar-refractivity contribution in [3.05, 3.63) is 75.7 Å². The lowest BCUT2D eigenvalue weighted by Crippen LogP contribution is -2.35. The number of para-hydroxylation sites is 1. The number of carboxylic acid groups (broad SMARTS) is 1. The minimum atomic E-state index is -1.33. The molecule has 4 aromatic rings. The largest absolute Gasteiger partial charge is 0.477 e. The first-order valence-corrected chi connectivity index (χ1v) is 14.9. The maximum atomic E-state index is 14.9. The lowest BCUT2D eigenvalue weighted by Gasteiger charge is -2.33. The number of thiophene rings is 1. The maximum Gasteiger partial charge on any atom is 0.346 e. The van der Waals surface area contributed by atoms with Crippen molar-refractivity contribution in [2.75, 3.05) is 19.7 Å². The van der Waals surface area contributed by atoms with E-state index in [0.29, 0.717) is 29.5 Å². The normalized spacial score (nSPS) is 22.3. The smallest absolute Gasteiger partial charge is 0.346 e. The molecule has 2 saturated heterocycles. The number of halogens is 1. The molecule has 216 valence electrons. The van der Waals surface area contributed by atoms with E-state index in [1.54, 1.807) is 25.1 Å². The Balaban J connectivity index is 1.06. The Bertz CT molecular complexity index is 1730. The molecule has 2 unspecified atom stereocenters. The van der Waals surface area contributed by atoms with Crippen molar-refractivity contribution < 1.29 is 28.5 Å². The predicted octanol–water partition coefficient (Wildman–Crippen LogP) is 5.62. The molecule has 1 N–H and O–H groups in total. The average molecular weight is 589 g/mol. The fourth-order valence-corrected chi connectivity index (χ4v) is 7.05. The maximum absolute atomic E-state index is 14.9. The lowest BCUT2D eigenvalue weighted by atomic mass is 9.88. The van der Waals surface area contributed by atoms with Crippen molar-refractivity contribution in [1.29, 1.82) is 5.26 Å². The van der Waals surface area contributed by atoms with E-state index in [1.165, 1.54) is 17.4 Å². The predicted molar refractivity (Wildman–Crippen MR) is 152 cm³/mol. The molecule has 2 atom stereocenters. The van der Waals surface area contributed by atoms with Gasteiger partial charge in [0.25, 0.3) is 5.79 Å². The van der Waals surface area contributed by atoms with Crippen LogP contribution >= 0.6 is 11.3 Å². The van der Waals surface area contributed by atoms with Gasteiger partial charge in [-0.25, -0.2) is 14.2 Å². The van der Waals surface area contributed by atoms with Gasteiger partial charge in [0.1, 0.15) is 21.3 Å². The van der Waals surface area contributed by atoms with Gasteiger partial charge in [-0.1, -0.05) is 12.1 Å². The summed E-state index contributed by atoms with van der Waals surface area (Å²) in [5, 5.41) is 18.6. The van der Waals surface area contributed by atoms with Crippen LogP contribution in [0.25, 0.3) is 10.3 Å². The Morgan fingerprint density at radius 2 is 2.02 bits per heavy atom. The Labute approximate surface area is 245 Å². The number of fused-ring (bicyclic) bond motifs is 2. The van der Waals surface area contributed by atoms with Gasteiger partial charge in [-0.05, 0) is 68.6 Å². The van der Waals surface area contributed by atoms with Gasteiger partial charge in [0.2, 0.25) is 0 Å². The number of imidazole rings is 1. The number of likely N-dealkylation sites (tertiary alicyclic amines) is 1. The number of ether oxygens (including phenoxy) is 3. The first-order chi connectivity index (χ1) is 20.3. The molecule has 7 rings (SSSR count). The summed E-state index contributed by atoms with van der Waals surface area (Å²) in [5.74, 6) is -0.392. The Hall–Kier alpha value is -3.98. The quantitative estimate of drug-likeness (QED) is 0.296. The van der Waals surface area contributed by atoms with Crippen LogP contribution in [0.5, 0.6) is 11.5 Å². The highest BCUT2D eigenvalue weighted by Crippen LogP contribution is 2.49. The molecule has 0 radical (unpaired) electrons. The third-order valence-corrected chi connectivity index (χ3v) is 9.51. The van der Waals surface area contributed by atoms with Gasteiger partial charge in [-0.3, -0.25) is 4.90 Å². The van der Waals surface area contributed by atoms with Crippen molar-refractivity contribution in [1.82, 2.24) is 14.5 Å². The summed E-state index contributed by atoms with van der Waals surface area (Å²) >= 11 is 1.21. The Kier molecular flexibility index (Phi) is 6.65. The van der Waals surface area contributed by atoms with E-state index >= 15 is 0 Å². The SMILES string of the molecule is CC1(c2ccc(C#N)cc2F)Oc2cccc(C3CCN(Cc4nc5sc(C(=O)O)cc5n4CC4CCO4)CC3)c2O1. The molecule has 2 fully saturated rings. The second-order valence-electron chi connectivity index (χ2n) is 11.2. The minimum Gasteiger partial charge on any atom is -0.477 e. The first-order valence-electron chi connectivity index (χ1n) is 14.1. The third-order valence-electron chi connectivity index (χ3n) is 8.51. The van der Waals surface area contributed by atoms with Crippen LogP contribution < -0.4 is 9.47 Å². The van der Waals surface area contributed by atoms with E-state index < -0.39 is 17.6 Å². The average Bonchev–Trinajstić information content (AvgIpc) is 3.62. The van der Waals surface area contributed by atoms with Gasteiger partial charge in [-0.15, -0.1) is 11.3 Å². The number of piperidine rings is 1. The van der Waals surface area contributed by atoms with Gasteiger partial charge in [0.05, 0.1) is 41.9 Å². The van der Waals surface area contributed by atoms with Crippen LogP contribution in [-0.2, 0) is 23.6 Å². The van der Waals surface area contributed by atoms with Crippen LogP contribution in [0.2, 0.25) is 0 Å². The van der Waals surface area contributed by atoms with E-state index in [-0.39, 0.29) is 23.1 Å². The molecular formula is C31H29FN4O5S. The van der Waals surface area contributed by atoms with Crippen molar-refractivity contribution in [2.45, 2.75) is 57.1 Å². The van der Waals surface area contributed by atoms with Gasteiger partial charge < -0.3 is 23.9 Å². The van der Waals surface area contributed by atoms with E-state index in [2.05, 4.69) is 15.5 Å². The highest BCUT2D eigenvalue weighted by atomic mass is 32.1. The van der Waals surface area contributed by atoms with Gasteiger partial charge >= 0.3 is 5.97 Å². The number of aromatic nitrogens is 2. The second-order valence-corrected chi connectivity index (χ2v) is 12.2. The molecule has 0 saturated carbocycles. The molecule has 0 bridgehead atoms. The zero-order valence-corrected chi connectivity index (χ0v) is 23.8. The fraction of sp³-hybridized carbons (Fsp3) is 0.387. The number of benzene rings is 2. The molecule has 5 heterocycles. The molecule has 3 aliphatic heterocycles. The third kappa shape index (κ3) is 4.69. The molecule has 9 nitrogen and oxygen atoms in total. The first kappa shape index (κ1) is 26.9. The van der Waals surface area contributed by atoms with E-state index in [0.717, 1.165) is 60.7 Å². The topological polar surface area (TPSA) is 110 Å². The fourth-order valence-electron chi connectivity index (χ4n) is 6.16. The van der Waals surface area contributed by atoms with Crippen LogP contribution in [0.15, 0.2) is 42.5 Å². The highest BCUT2D eigenvalue weighted by molar-refractivity contribution is 7.20. The number of nitrogens with zero attached hydrogens (tertiary/aromatic N) is 4. The zero-order chi connectivity index (χ0) is 29.0. The second kappa shape index (κ2) is 10.4. The summed E-state index contributed by atoms with van der Waals surface area (Å²) in [5.41, 5.74) is 2.40. The van der Waals surface area contributed by atoms with Crippen molar-refractivity contribution in [2.24, 2.45) is 0 Å². The number of nitriles is 1. The van der Waals surface area contributed by atoms with Crippen LogP contribution in [0.4, 0.5) is 4.39 Å². The molecule has 0 aliphatic carbocycles. The number of carbonyl (C=O) groups is 1. The molecule has 0 spiro atoms. The monoisotopic (exact) mass is 588 g/mol. The van der Waals surface area contributed by atoms with Gasteiger partial charge in [0, 0.05) is 19.1 Å². The summed E-state index contributed by atoms with van der Waals surface area (Å²) in [7, 11) is 0. The number of carboxylic acids is 1. The molecular weight excluding hydrogens is 559 g/mol. The minimum absolute atomic E-state index is 0.130. The van der Waals surface area contributed by atoms with Crippen molar-refractivity contribution in [3.63, 3.8) is 0 Å². The lowest BCUT2D eigenvalue weighted by molar-refractivity contribution is -0.0712. The zero-order valence-electron chi connectivity index (χ0n) is 23.0. The summed E-state index contributed by atoms with van der Waals surface area (Å²) in [6.07, 6.45) is 2.94. The van der Waals surface area contributed by atoms with E-state index in [4.69, 9.17) is 24.5 Å². The van der Waals surface area contributed by atoms with Crippen LogP contribution in [0.3, 0.4) is 0 Å². The summed E-state index contributed by atoms with van der Waals surface area (Å²) < 4.78 is 35.2. The molecule has 3 aliphatic rings. The van der Waals surface area contributed by atoms with Crippen LogP contribution in [-0.4, -0.2) is 51.3 Å². The Morgan fingerprint density at radius 3 is 2.71 bits per heavy atom. The Morgan fingerprint density at radius 1 is 1.21 bits per heavy atom. The number of aromatic carboxylic acids is 1. The van der Waals surface area contributed by atoms with Crippen LogP contribution in [0.1, 0.15) is 64.3 Å². The standard InChI is InChI=1S/C31H29FN4O5S/c1-31(22-6-5-18(15-33)13-23(22)32)40-25-4-2-3-21(28(25)41-31)19-7-10-35(11-8-19)17-27-34-29-24(14-26(42-29)30(37)38)36(27)16-20-9-12-39-20/h2-6,13-14,19-20H,7-12,16-17H2,1H3,(H,37,38). The van der Waals surface area contributed by atoms with Crippen molar-refractivity contribution in [3.8, 4) is 17.6 Å². The van der Waals surface area contributed by atoms with Crippen LogP contribution in [0, 0.1) is 17.1 Å². The highest BCUT2D eigenvalue weighted by Gasteiger charge is 2.43. The molecule has 11 heteroatoms.